The van der Waals surface area contributed by atoms with Gasteiger partial charge in [0.1, 0.15) is 250 Å². The molecule has 0 aromatic rings. The summed E-state index contributed by atoms with van der Waals surface area (Å²) in [5.74, 6) is -11.0. The standard InChI is InChI=1S/C81H136N6O58/c1-20-44(105)56(117)60(121)75(129-20)126-17-30(104)63(45(106)27(9-88)82-21(2)96)138-72-41(85-24(5)99)54(115)66(36(16-95)133-72)141-77-62(123)68(51(112)37(136-77)18-127-78-69(58(119)48(109)32(12-91)131-78)143-73-42(86-25(6)100)53(114)64(34(14-93)134-73)139-71-40(84-23(4)98)52(113)47(108)31(11-90)130-71)142-79-70(59(120)49(110)33(13-92)132-79)144-74-43(87-26(7)101)55(116)65(35(15-94)135-74)140-76-61(122)57(118)50(111)38(137-76)19-128-81(80(124)125)8-28(102)39(83-22(3)97)67(145-81)46(107)29(103)10-89/h20,27-79,88-95,102-123H,8-19H2,1-7H3,(H,82,96)(H,83,97)(H,84,98)(H,85,99)(H,86,100)(H,87,101)(H,124,125)/t20-,27-,28-,29+,30+,31+,32+,33+,34+,35+,36+,37+,38+,39+,40+,41+,42+,43+,44+,45+,46+,47-,48+,49+,50-,51+,52+,53+,54+,55+,56+,57-,58-,59-,60-,61+,62-,63+,64+,65+,66+,67+,68-,69-,70-,71-,72-,73-,74-,75+,76-,77-,78-,79+,81+/m0/s1. The molecule has 6 amide bonds. The molecule has 0 aromatic carbocycles. The van der Waals surface area contributed by atoms with Crippen molar-refractivity contribution in [2.75, 3.05) is 72.7 Å². The molecule has 55 atom stereocenters. The Kier molecular flexibility index (Phi) is 44.5. The van der Waals surface area contributed by atoms with Gasteiger partial charge in [0.15, 0.2) is 56.6 Å². The van der Waals surface area contributed by atoms with E-state index in [0.717, 1.165) is 41.5 Å². The number of carbonyl (C=O) groups is 7. The van der Waals surface area contributed by atoms with Crippen LogP contribution in [0, 0.1) is 0 Å². The number of hydrogen-bond acceptors (Lipinski definition) is 57. The summed E-state index contributed by atoms with van der Waals surface area (Å²) in [5, 5.41) is 364. The summed E-state index contributed by atoms with van der Waals surface area (Å²) in [7, 11) is 0. The van der Waals surface area contributed by atoms with E-state index >= 15 is 0 Å². The summed E-state index contributed by atoms with van der Waals surface area (Å²) in [5.41, 5.74) is 0. The molecular formula is C81H136N6O58. The van der Waals surface area contributed by atoms with Gasteiger partial charge in [-0.2, -0.15) is 0 Å². The molecule has 838 valence electrons. The zero-order valence-corrected chi connectivity index (χ0v) is 78.5. The third-order valence-electron chi connectivity index (χ3n) is 26.0. The van der Waals surface area contributed by atoms with E-state index < -0.39 is 457 Å². The van der Waals surface area contributed by atoms with Crippen LogP contribution in [0.5, 0.6) is 0 Å². The number of aliphatic carboxylic acids is 1. The lowest BCUT2D eigenvalue weighted by molar-refractivity contribution is -0.398. The molecular weight excluding hydrogens is 1980 g/mol. The highest BCUT2D eigenvalue weighted by molar-refractivity contribution is 5.77. The summed E-state index contributed by atoms with van der Waals surface area (Å²) in [4.78, 5) is 90.0. The van der Waals surface area contributed by atoms with Gasteiger partial charge >= 0.3 is 5.97 Å². The number of hydrogen-bond donors (Lipinski definition) is 37. The highest BCUT2D eigenvalue weighted by atomic mass is 16.8. The van der Waals surface area contributed by atoms with Crippen molar-refractivity contribution in [3.05, 3.63) is 0 Å². The maximum Gasteiger partial charge on any atom is 0.364 e. The van der Waals surface area contributed by atoms with Gasteiger partial charge in [-0.05, 0) is 6.92 Å². The quantitative estimate of drug-likeness (QED) is 0.0270. The first kappa shape index (κ1) is 121. The van der Waals surface area contributed by atoms with E-state index in [9.17, 15) is 192 Å². The van der Waals surface area contributed by atoms with Crippen molar-refractivity contribution in [2.45, 2.75) is 392 Å². The van der Waals surface area contributed by atoms with Gasteiger partial charge in [0.25, 0.3) is 5.79 Å². The second-order valence-corrected chi connectivity index (χ2v) is 36.5. The number of ether oxygens (including phenoxy) is 20. The van der Waals surface area contributed by atoms with Crippen molar-refractivity contribution in [1.29, 1.82) is 0 Å². The van der Waals surface area contributed by atoms with Crippen molar-refractivity contribution < 1.29 is 287 Å². The predicted molar refractivity (Wildman–Crippen MR) is 450 cm³/mol. The van der Waals surface area contributed by atoms with Crippen LogP contribution in [-0.4, -0.2) is 609 Å². The van der Waals surface area contributed by atoms with Gasteiger partial charge in [-0.3, -0.25) is 28.8 Å². The number of carboxylic acid groups (broad SMARTS) is 1. The van der Waals surface area contributed by atoms with E-state index in [4.69, 9.17) is 94.7 Å². The van der Waals surface area contributed by atoms with Gasteiger partial charge in [-0.25, -0.2) is 4.79 Å². The molecule has 0 aromatic heterocycles. The SMILES string of the molecule is CC(=O)N[C@H]1[C@H](O[C@@H]([C@H](O)[C@H](CO)NC(C)=O)[C@H](O)CO[C@@H]2O[C@@H](C)[C@@H](O)[C@@H](O)[C@@H]2O)O[C@H](CO)[C@@H](O[C@@H]2O[C@H](CO[C@H]3O[C@H](CO)[C@@H](O)[C@H](O)[C@@H]3O[C@@H]3O[C@H](CO)[C@@H](O[C@@H]4O[C@H](CO)[C@H](O)[C@H](O)[C@H]4NC(C)=O)[C@H](O)[C@H]3NC(C)=O)[C@@H](O)[C@H](O[C@H]3O[C@H](CO)[C@@H](O)[C@H](O)[C@@H]3O[C@@H]3O[C@H](CO)[C@@H](O[C@@H]4O[C@H](CO[C@]5(C(=O)O)C[C@H](O)[C@@H](NC(C)=O)[C@H]([C@H](O)[C@H](O)CO)O5)[C@H](O)[C@H](O)[C@H]4O)[C@H](O)[C@H]3NC(C)=O)[C@@H]2O)[C@@H]1O. The van der Waals surface area contributed by atoms with Crippen LogP contribution in [0.15, 0.2) is 0 Å². The molecule has 0 unspecified atom stereocenters. The molecule has 64 heteroatoms. The molecule has 10 heterocycles. The molecule has 10 fully saturated rings. The van der Waals surface area contributed by atoms with Crippen molar-refractivity contribution in [2.24, 2.45) is 0 Å². The first-order valence-corrected chi connectivity index (χ1v) is 46.0. The number of carboxylic acids is 1. The van der Waals surface area contributed by atoms with Crippen LogP contribution in [-0.2, 0) is 128 Å². The average Bonchev–Trinajstić information content (AvgIpc) is 0.770. The molecule has 0 spiro atoms. The minimum absolute atomic E-state index is 0.837. The van der Waals surface area contributed by atoms with Crippen LogP contribution < -0.4 is 31.9 Å². The zero-order chi connectivity index (χ0) is 108. The van der Waals surface area contributed by atoms with E-state index in [1.165, 1.54) is 6.92 Å². The van der Waals surface area contributed by atoms with E-state index in [-0.39, 0.29) is 0 Å². The van der Waals surface area contributed by atoms with E-state index in [1.54, 1.807) is 0 Å². The Morgan fingerprint density at radius 1 is 0.331 bits per heavy atom. The fraction of sp³-hybridized carbons (Fsp3) is 0.914. The summed E-state index contributed by atoms with van der Waals surface area (Å²) in [6.45, 7) is -6.57. The third-order valence-corrected chi connectivity index (χ3v) is 26.0. The van der Waals surface area contributed by atoms with Gasteiger partial charge < -0.3 is 285 Å². The number of amides is 6. The zero-order valence-electron chi connectivity index (χ0n) is 78.5. The second-order valence-electron chi connectivity index (χ2n) is 36.5. The Hall–Kier alpha value is -5.71. The van der Waals surface area contributed by atoms with Gasteiger partial charge in [0.2, 0.25) is 35.4 Å². The maximum absolute atomic E-state index is 13.4. The van der Waals surface area contributed by atoms with E-state index in [1.807, 2.05) is 0 Å². The molecule has 0 saturated carbocycles. The summed E-state index contributed by atoms with van der Waals surface area (Å²) >= 11 is 0. The molecule has 10 aliphatic rings. The maximum atomic E-state index is 13.4. The number of aliphatic hydroxyl groups excluding tert-OH is 30. The van der Waals surface area contributed by atoms with Crippen LogP contribution >= 0.6 is 0 Å². The molecule has 145 heavy (non-hydrogen) atoms. The van der Waals surface area contributed by atoms with Crippen LogP contribution in [0.3, 0.4) is 0 Å². The fourth-order valence-electron chi connectivity index (χ4n) is 18.3. The van der Waals surface area contributed by atoms with Gasteiger partial charge in [-0.1, -0.05) is 0 Å². The Labute approximate surface area is 821 Å². The number of nitrogens with one attached hydrogen (secondary N) is 6. The van der Waals surface area contributed by atoms with Gasteiger partial charge in [0, 0.05) is 48.0 Å². The van der Waals surface area contributed by atoms with Crippen molar-refractivity contribution in [3.8, 4) is 0 Å². The first-order chi connectivity index (χ1) is 68.3. The van der Waals surface area contributed by atoms with Crippen LogP contribution in [0.4, 0.5) is 0 Å². The minimum Gasteiger partial charge on any atom is -0.477 e. The van der Waals surface area contributed by atoms with Gasteiger partial charge in [-0.15, -0.1) is 0 Å². The van der Waals surface area contributed by atoms with Crippen molar-refractivity contribution >= 4 is 41.4 Å². The molecule has 37 N–H and O–H groups in total. The Bertz CT molecular complexity index is 4090. The average molecular weight is 2120 g/mol. The smallest absolute Gasteiger partial charge is 0.364 e. The summed E-state index contributed by atoms with van der Waals surface area (Å²) < 4.78 is 119. The fourth-order valence-corrected chi connectivity index (χ4v) is 18.3. The highest BCUT2D eigenvalue weighted by Gasteiger charge is 2.64. The number of aliphatic hydroxyl groups is 30. The first-order valence-electron chi connectivity index (χ1n) is 46.0. The summed E-state index contributed by atoms with van der Waals surface area (Å²) in [6.07, 6.45) is -107. The molecule has 0 aliphatic carbocycles. The normalized spacial score (nSPS) is 44.9. The van der Waals surface area contributed by atoms with E-state index in [0.29, 0.717) is 0 Å². The van der Waals surface area contributed by atoms with Crippen LogP contribution in [0.25, 0.3) is 0 Å². The molecule has 64 nitrogen and oxygen atoms in total. The van der Waals surface area contributed by atoms with Gasteiger partial charge in [0.05, 0.1) is 97.0 Å². The lowest BCUT2D eigenvalue weighted by Gasteiger charge is -2.51. The minimum atomic E-state index is -3.13. The third kappa shape index (κ3) is 28.1. The van der Waals surface area contributed by atoms with E-state index in [2.05, 4.69) is 31.9 Å². The summed E-state index contributed by atoms with van der Waals surface area (Å²) in [6, 6.07) is -11.5. The lowest BCUT2D eigenvalue weighted by atomic mass is 9.88. The largest absolute Gasteiger partial charge is 0.477 e. The predicted octanol–water partition coefficient (Wildman–Crippen LogP) is -24.2. The molecule has 0 radical (unpaired) electrons. The van der Waals surface area contributed by atoms with Crippen molar-refractivity contribution in [1.82, 2.24) is 31.9 Å². The molecule has 10 rings (SSSR count). The number of carbonyl (C=O) groups excluding carboxylic acids is 6. The monoisotopic (exact) mass is 2120 g/mol. The second kappa shape index (κ2) is 53.2. The lowest BCUT2D eigenvalue weighted by Crippen LogP contribution is -2.70. The van der Waals surface area contributed by atoms with Crippen LogP contribution in [0.1, 0.15) is 54.9 Å². The topological polar surface area (TPSA) is 1000 Å². The Balaban J connectivity index is 0.983. The number of rotatable bonds is 43. The Morgan fingerprint density at radius 2 is 0.697 bits per heavy atom. The molecule has 10 aliphatic heterocycles. The molecule has 0 bridgehead atoms. The van der Waals surface area contributed by atoms with Crippen LogP contribution in [0.2, 0.25) is 0 Å². The Morgan fingerprint density at radius 3 is 1.14 bits per heavy atom. The molecule has 10 saturated heterocycles. The highest BCUT2D eigenvalue weighted by Crippen LogP contribution is 2.42. The van der Waals surface area contributed by atoms with Crippen molar-refractivity contribution in [3.63, 3.8) is 0 Å².